The molecule has 11 heteroatoms. The van der Waals surface area contributed by atoms with E-state index in [1.165, 1.54) is 4.90 Å². The number of carbonyl (C=O) groups is 1. The first kappa shape index (κ1) is 25.5. The molecule has 0 radical (unpaired) electrons. The number of nitrogens with one attached hydrogen (secondary N) is 1. The minimum absolute atomic E-state index is 0.160. The second kappa shape index (κ2) is 13.6. The minimum atomic E-state index is -1.67. The van der Waals surface area contributed by atoms with Gasteiger partial charge in [-0.25, -0.2) is 4.99 Å². The molecule has 178 valence electrons. The molecule has 0 saturated carbocycles. The Kier molecular flexibility index (Phi) is 11.2. The maximum Gasteiger partial charge on any atom is 0.225 e. The van der Waals surface area contributed by atoms with Gasteiger partial charge in [0.25, 0.3) is 0 Å². The smallest absolute Gasteiger partial charge is 0.225 e. The number of hydrogen-bond acceptors (Lipinski definition) is 8. The highest BCUT2D eigenvalue weighted by Gasteiger charge is 2.34. The average Bonchev–Trinajstić information content (AvgIpc) is 2.79. The Morgan fingerprint density at radius 2 is 2.00 bits per heavy atom. The molecule has 0 aromatic carbocycles. The molecule has 1 atom stereocenters. The number of amides is 1. The molecule has 11 nitrogen and oxygen atoms in total. The van der Waals surface area contributed by atoms with E-state index in [1.807, 2.05) is 6.92 Å². The van der Waals surface area contributed by atoms with Gasteiger partial charge in [0.05, 0.1) is 25.7 Å². The van der Waals surface area contributed by atoms with E-state index in [2.05, 4.69) is 15.2 Å². The first-order chi connectivity index (χ1) is 15.0. The lowest BCUT2D eigenvalue weighted by molar-refractivity contribution is -0.154. The van der Waals surface area contributed by atoms with Gasteiger partial charge < -0.3 is 41.5 Å². The van der Waals surface area contributed by atoms with Gasteiger partial charge in [-0.3, -0.25) is 9.69 Å². The van der Waals surface area contributed by atoms with Crippen molar-refractivity contribution in [2.75, 3.05) is 72.1 Å². The highest BCUT2D eigenvalue weighted by Crippen LogP contribution is 2.14. The van der Waals surface area contributed by atoms with Crippen molar-refractivity contribution in [2.24, 2.45) is 16.5 Å². The summed E-state index contributed by atoms with van der Waals surface area (Å²) in [5.41, 5.74) is 12.7. The van der Waals surface area contributed by atoms with Crippen molar-refractivity contribution >= 4 is 11.9 Å². The van der Waals surface area contributed by atoms with Gasteiger partial charge in [0.1, 0.15) is 0 Å². The van der Waals surface area contributed by atoms with Gasteiger partial charge in [-0.15, -0.1) is 0 Å². The van der Waals surface area contributed by atoms with Crippen molar-refractivity contribution in [2.45, 2.75) is 32.1 Å². The number of piperazine rings is 2. The summed E-state index contributed by atoms with van der Waals surface area (Å²) in [4.78, 5) is 22.5. The molecule has 7 N–H and O–H groups in total. The van der Waals surface area contributed by atoms with Crippen LogP contribution in [0.15, 0.2) is 16.8 Å². The Morgan fingerprint density at radius 3 is 2.65 bits per heavy atom. The number of carbonyl (C=O) groups excluding carboxylic acids is 1. The van der Waals surface area contributed by atoms with E-state index in [4.69, 9.17) is 16.2 Å². The Morgan fingerprint density at radius 1 is 1.26 bits per heavy atom. The van der Waals surface area contributed by atoms with E-state index >= 15 is 0 Å². The van der Waals surface area contributed by atoms with Gasteiger partial charge in [0, 0.05) is 65.1 Å². The molecule has 1 amide bonds. The second-order valence-corrected chi connectivity index (χ2v) is 7.80. The van der Waals surface area contributed by atoms with Crippen LogP contribution in [0.1, 0.15) is 19.8 Å². The number of ether oxygens (including phenoxy) is 1. The summed E-state index contributed by atoms with van der Waals surface area (Å²) in [6, 6.07) is -0.778. The number of guanidine groups is 1. The van der Waals surface area contributed by atoms with E-state index in [1.54, 1.807) is 11.1 Å². The lowest BCUT2D eigenvalue weighted by Crippen LogP contribution is -2.61. The predicted octanol–water partition coefficient (Wildman–Crippen LogP) is -2.31. The fourth-order valence-electron chi connectivity index (χ4n) is 3.64. The average molecular weight is 442 g/mol. The number of hydrogen-bond donors (Lipinski definition) is 5. The van der Waals surface area contributed by atoms with Crippen molar-refractivity contribution in [3.05, 3.63) is 11.8 Å². The van der Waals surface area contributed by atoms with Crippen molar-refractivity contribution in [1.82, 2.24) is 20.0 Å². The van der Waals surface area contributed by atoms with Crippen LogP contribution < -0.4 is 16.8 Å². The summed E-state index contributed by atoms with van der Waals surface area (Å²) in [6.07, 6.45) is 0.965. The zero-order valence-electron chi connectivity index (χ0n) is 18.6. The summed E-state index contributed by atoms with van der Waals surface area (Å²) in [7, 11) is 0. The van der Waals surface area contributed by atoms with Crippen LogP contribution in [0.2, 0.25) is 0 Å². The third-order valence-electron chi connectivity index (χ3n) is 5.72. The van der Waals surface area contributed by atoms with Gasteiger partial charge in [0.2, 0.25) is 5.91 Å². The first-order valence-corrected chi connectivity index (χ1v) is 11.1. The lowest BCUT2D eigenvalue weighted by atomic mass is 10.1. The molecular weight excluding hydrogens is 402 g/mol. The number of aliphatic imine (C=N–C) groups is 1. The topological polar surface area (TPSA) is 153 Å². The third-order valence-corrected chi connectivity index (χ3v) is 5.72. The molecule has 0 aromatic rings. The molecule has 2 fully saturated rings. The predicted molar refractivity (Wildman–Crippen MR) is 119 cm³/mol. The summed E-state index contributed by atoms with van der Waals surface area (Å²) < 4.78 is 5.63. The van der Waals surface area contributed by atoms with Crippen LogP contribution in [0, 0.1) is 0 Å². The normalized spacial score (nSPS) is 21.8. The fraction of sp³-hybridized carbons (Fsp3) is 0.800. The number of aliphatic hydroxyl groups excluding tert-OH is 1. The molecule has 2 heterocycles. The van der Waals surface area contributed by atoms with Gasteiger partial charge in [-0.2, -0.15) is 0 Å². The van der Waals surface area contributed by atoms with E-state index in [-0.39, 0.29) is 24.8 Å². The second-order valence-electron chi connectivity index (χ2n) is 7.80. The molecule has 0 aliphatic carbocycles. The Hall–Kier alpha value is -1.76. The molecule has 0 bridgehead atoms. The zero-order valence-corrected chi connectivity index (χ0v) is 18.6. The monoisotopic (exact) mass is 441 g/mol. The maximum absolute atomic E-state index is 12.6. The molecular formula is C20H39N7O4. The zero-order chi connectivity index (χ0) is 22.6. The lowest BCUT2D eigenvalue weighted by Gasteiger charge is -2.42. The molecule has 2 aliphatic rings. The molecule has 2 saturated heterocycles. The van der Waals surface area contributed by atoms with Crippen LogP contribution in [0.4, 0.5) is 0 Å². The van der Waals surface area contributed by atoms with Crippen LogP contribution in [0.5, 0.6) is 0 Å². The van der Waals surface area contributed by atoms with Crippen molar-refractivity contribution in [3.8, 4) is 0 Å². The quantitative estimate of drug-likeness (QED) is 0.109. The highest BCUT2D eigenvalue weighted by atomic mass is 16.5. The number of aliphatic hydroxyl groups is 2. The summed E-state index contributed by atoms with van der Waals surface area (Å²) in [5.74, 6) is 0.111. The molecule has 0 aromatic heterocycles. The molecule has 2 aliphatic heterocycles. The summed E-state index contributed by atoms with van der Waals surface area (Å²) in [5, 5.41) is 23.0. The van der Waals surface area contributed by atoms with Gasteiger partial charge in [0.15, 0.2) is 12.2 Å². The van der Waals surface area contributed by atoms with Crippen LogP contribution in [-0.2, 0) is 9.53 Å². The number of rotatable bonds is 10. The van der Waals surface area contributed by atoms with Gasteiger partial charge in [-0.05, 0) is 12.0 Å². The standard InChI is InChI=1S/C20H39N7O4/c1-2-16(13-21)14-24-20(22)26-8-9-27(17(15-26)19(29)30)18(28)3-11-31-12-10-25-6-4-23-5-7-25/h14,17,19,23,29-30H,2-13,15,21H2,1H3,(H2,22,24)/b16-14+/t17-/m1/s1. The Labute approximate surface area is 184 Å². The molecule has 0 spiro atoms. The molecule has 0 unspecified atom stereocenters. The van der Waals surface area contributed by atoms with Crippen LogP contribution >= 0.6 is 0 Å². The Balaban J connectivity index is 1.79. The third kappa shape index (κ3) is 8.36. The summed E-state index contributed by atoms with van der Waals surface area (Å²) >= 11 is 0. The minimum Gasteiger partial charge on any atom is -0.380 e. The number of nitrogens with zero attached hydrogens (tertiary/aromatic N) is 4. The van der Waals surface area contributed by atoms with E-state index in [0.717, 1.165) is 44.7 Å². The van der Waals surface area contributed by atoms with E-state index in [9.17, 15) is 15.0 Å². The first-order valence-electron chi connectivity index (χ1n) is 11.1. The largest absolute Gasteiger partial charge is 0.380 e. The van der Waals surface area contributed by atoms with Crippen molar-refractivity contribution in [3.63, 3.8) is 0 Å². The van der Waals surface area contributed by atoms with E-state index in [0.29, 0.717) is 32.8 Å². The van der Waals surface area contributed by atoms with Crippen LogP contribution in [0.25, 0.3) is 0 Å². The fourth-order valence-corrected chi connectivity index (χ4v) is 3.64. The number of nitrogens with two attached hydrogens (primary N) is 2. The van der Waals surface area contributed by atoms with E-state index < -0.39 is 12.3 Å². The molecule has 31 heavy (non-hydrogen) atoms. The highest BCUT2D eigenvalue weighted by molar-refractivity contribution is 5.80. The Bertz CT molecular complexity index is 602. The van der Waals surface area contributed by atoms with Gasteiger partial charge in [-0.1, -0.05) is 6.92 Å². The molecule has 2 rings (SSSR count). The maximum atomic E-state index is 12.6. The summed E-state index contributed by atoms with van der Waals surface area (Å²) in [6.45, 7) is 9.14. The van der Waals surface area contributed by atoms with Crippen molar-refractivity contribution in [1.29, 1.82) is 0 Å². The van der Waals surface area contributed by atoms with Crippen LogP contribution in [0.3, 0.4) is 0 Å². The van der Waals surface area contributed by atoms with Gasteiger partial charge >= 0.3 is 0 Å². The van der Waals surface area contributed by atoms with Crippen LogP contribution in [-0.4, -0.2) is 121 Å². The van der Waals surface area contributed by atoms with Crippen molar-refractivity contribution < 1.29 is 19.7 Å². The SMILES string of the molecule is CC/C(=C\N=C(N)N1CCN(C(=O)CCOCCN2CCNCC2)[C@@H](C(O)O)C1)CN.